The molecule has 0 aliphatic rings. The van der Waals surface area contributed by atoms with Crippen LogP contribution in [0, 0.1) is 5.41 Å². The lowest BCUT2D eigenvalue weighted by atomic mass is 10.0. The summed E-state index contributed by atoms with van der Waals surface area (Å²) in [5, 5.41) is 21.4. The Bertz CT molecular complexity index is 338. The number of carboxylic acid groups (broad SMARTS) is 2. The molecule has 7 heteroatoms. The fraction of sp³-hybridized carbons (Fsp3) is 0.909. The highest BCUT2D eigenvalue weighted by molar-refractivity contribution is 5.71. The minimum atomic E-state index is -2.08. The van der Waals surface area contributed by atoms with Crippen molar-refractivity contribution >= 4 is 12.1 Å². The molecule has 0 atom stereocenters. The van der Waals surface area contributed by atoms with Crippen molar-refractivity contribution in [2.45, 2.75) is 103 Å². The smallest absolute Gasteiger partial charge is 0.249 e. The third kappa shape index (κ3) is 58.4. The van der Waals surface area contributed by atoms with Gasteiger partial charge in [0.15, 0.2) is 5.96 Å². The lowest BCUT2D eigenvalue weighted by Gasteiger charge is -2.23. The highest BCUT2D eigenvalue weighted by atomic mass is 16.6. The van der Waals surface area contributed by atoms with Crippen molar-refractivity contribution in [3.63, 3.8) is 0 Å². The molecule has 0 amide bonds. The predicted molar refractivity (Wildman–Crippen MR) is 122 cm³/mol. The van der Waals surface area contributed by atoms with Crippen molar-refractivity contribution in [3.05, 3.63) is 0 Å². The van der Waals surface area contributed by atoms with Crippen molar-refractivity contribution in [1.82, 2.24) is 0 Å². The van der Waals surface area contributed by atoms with E-state index in [1.165, 1.54) is 103 Å². The predicted octanol–water partition coefficient (Wildman–Crippen LogP) is 4.29. The van der Waals surface area contributed by atoms with E-state index >= 15 is 0 Å². The highest BCUT2D eigenvalue weighted by Gasteiger charge is 2.04. The van der Waals surface area contributed by atoms with Crippen LogP contribution < -0.4 is 16.6 Å². The van der Waals surface area contributed by atoms with Gasteiger partial charge in [-0.25, -0.2) is 0 Å². The zero-order valence-electron chi connectivity index (χ0n) is 19.7. The van der Waals surface area contributed by atoms with Gasteiger partial charge in [0, 0.05) is 0 Å². The molecule has 0 bridgehead atoms. The number of nitrogens with zero attached hydrogens (tertiary/aromatic N) is 1. The summed E-state index contributed by atoms with van der Waals surface area (Å²) in [4.78, 5) is 8.44. The van der Waals surface area contributed by atoms with Crippen LogP contribution in [-0.2, 0) is 0 Å². The van der Waals surface area contributed by atoms with Gasteiger partial charge in [0.05, 0.1) is 27.7 Å². The van der Waals surface area contributed by atoms with Gasteiger partial charge in [0.2, 0.25) is 6.16 Å². The van der Waals surface area contributed by atoms with Gasteiger partial charge in [0.1, 0.15) is 0 Å². The molecule has 0 heterocycles. The zero-order chi connectivity index (χ0) is 23.0. The summed E-state index contributed by atoms with van der Waals surface area (Å²) in [7, 11) is 6.89. The molecule has 0 aromatic heterocycles. The monoisotopic (exact) mass is 418 g/mol. The summed E-state index contributed by atoms with van der Waals surface area (Å²) in [5.74, 6) is -0.333. The standard InChI is InChI=1S/C20H44N.CH5N3.CH2O3/c1-5-6-7-8-9-10-11-12-13-14-15-16-17-18-19-20-21(2,3)4;2*2-1(3)4/h5-20H2,1-4H3;(H5,2,3,4);(H2,2,3,4)/q+1;;/p-1. The van der Waals surface area contributed by atoms with Crippen molar-refractivity contribution in [1.29, 1.82) is 5.41 Å². The van der Waals surface area contributed by atoms with Crippen molar-refractivity contribution in [3.8, 4) is 0 Å². The van der Waals surface area contributed by atoms with E-state index in [0.717, 1.165) is 4.48 Å². The number of carbonyl (C=O) groups is 1. The molecule has 0 aromatic carbocycles. The first-order valence-electron chi connectivity index (χ1n) is 11.3. The van der Waals surface area contributed by atoms with Crippen LogP contribution in [0.5, 0.6) is 0 Å². The van der Waals surface area contributed by atoms with E-state index in [4.69, 9.17) is 20.4 Å². The Labute approximate surface area is 179 Å². The highest BCUT2D eigenvalue weighted by Crippen LogP contribution is 2.13. The van der Waals surface area contributed by atoms with Gasteiger partial charge in [-0.15, -0.1) is 0 Å². The molecule has 0 fully saturated rings. The molecule has 0 radical (unpaired) electrons. The Morgan fingerprint density at radius 2 is 0.966 bits per heavy atom. The van der Waals surface area contributed by atoms with Gasteiger partial charge in [-0.05, 0) is 12.8 Å². The molecule has 0 unspecified atom stereocenters. The number of quaternary nitrogens is 1. The Morgan fingerprint density at radius 3 is 1.17 bits per heavy atom. The van der Waals surface area contributed by atoms with Crippen LogP contribution in [0.4, 0.5) is 4.79 Å². The molecular formula is C22H50N4O3. The number of rotatable bonds is 16. The van der Waals surface area contributed by atoms with Crippen molar-refractivity contribution < 1.29 is 19.5 Å². The normalized spacial score (nSPS) is 10.3. The van der Waals surface area contributed by atoms with E-state index in [0.29, 0.717) is 0 Å². The second-order valence-electron chi connectivity index (χ2n) is 8.68. The number of unbranched alkanes of at least 4 members (excludes halogenated alkanes) is 14. The van der Waals surface area contributed by atoms with E-state index < -0.39 is 6.16 Å². The maximum atomic E-state index is 8.44. The lowest BCUT2D eigenvalue weighted by Crippen LogP contribution is -2.35. The third-order valence-corrected chi connectivity index (χ3v) is 4.43. The van der Waals surface area contributed by atoms with E-state index in [2.05, 4.69) is 39.5 Å². The molecule has 29 heavy (non-hydrogen) atoms. The van der Waals surface area contributed by atoms with Gasteiger partial charge in [-0.3, -0.25) is 5.41 Å². The maximum Gasteiger partial charge on any atom is 0.249 e. The van der Waals surface area contributed by atoms with Gasteiger partial charge in [-0.2, -0.15) is 0 Å². The molecule has 176 valence electrons. The van der Waals surface area contributed by atoms with Gasteiger partial charge in [0.25, 0.3) is 0 Å². The molecule has 0 aliphatic heterocycles. The third-order valence-electron chi connectivity index (χ3n) is 4.43. The molecule has 0 saturated carbocycles. The molecule has 6 N–H and O–H groups in total. The molecule has 0 saturated heterocycles. The Hall–Kier alpha value is -1.50. The van der Waals surface area contributed by atoms with E-state index in [1.54, 1.807) is 0 Å². The fourth-order valence-corrected chi connectivity index (χ4v) is 2.96. The average Bonchev–Trinajstić information content (AvgIpc) is 2.56. The van der Waals surface area contributed by atoms with Crippen LogP contribution in [0.1, 0.15) is 103 Å². The number of hydrogen-bond acceptors (Lipinski definition) is 3. The molecule has 0 rings (SSSR count). The Balaban J connectivity index is -0.000000712. The van der Waals surface area contributed by atoms with Crippen molar-refractivity contribution in [2.24, 2.45) is 11.5 Å². The Kier molecular flexibility index (Phi) is 27.2. The first-order chi connectivity index (χ1) is 13.5. The SMILES string of the molecule is CCCCCCCCCCCCCCCCC[N+](C)(C)C.N=C(N)N.O=C([O-])O. The second-order valence-corrected chi connectivity index (χ2v) is 8.68. The van der Waals surface area contributed by atoms with Crippen LogP contribution >= 0.6 is 0 Å². The van der Waals surface area contributed by atoms with E-state index in [-0.39, 0.29) is 5.96 Å². The zero-order valence-corrected chi connectivity index (χ0v) is 19.7. The summed E-state index contributed by atoms with van der Waals surface area (Å²) >= 11 is 0. The molecule has 0 aliphatic carbocycles. The van der Waals surface area contributed by atoms with Crippen molar-refractivity contribution in [2.75, 3.05) is 27.7 Å². The number of nitrogens with two attached hydrogens (primary N) is 2. The molecule has 7 nitrogen and oxygen atoms in total. The van der Waals surface area contributed by atoms with Gasteiger partial charge >= 0.3 is 0 Å². The van der Waals surface area contributed by atoms with Crippen LogP contribution in [0.25, 0.3) is 0 Å². The Morgan fingerprint density at radius 1 is 0.759 bits per heavy atom. The molecule has 0 spiro atoms. The second kappa shape index (κ2) is 24.5. The fourth-order valence-electron chi connectivity index (χ4n) is 2.96. The first kappa shape index (κ1) is 32.2. The van der Waals surface area contributed by atoms with Crippen LogP contribution in [0.15, 0.2) is 0 Å². The quantitative estimate of drug-likeness (QED) is 0.128. The first-order valence-corrected chi connectivity index (χ1v) is 11.3. The number of guanidine groups is 1. The lowest BCUT2D eigenvalue weighted by molar-refractivity contribution is -0.870. The van der Waals surface area contributed by atoms with Gasteiger partial charge in [-0.1, -0.05) is 90.4 Å². The number of hydrogen-bond donors (Lipinski definition) is 4. The minimum absolute atomic E-state index is 0.333. The summed E-state index contributed by atoms with van der Waals surface area (Å²) in [6.45, 7) is 3.63. The molecular weight excluding hydrogens is 368 g/mol. The van der Waals surface area contributed by atoms with Crippen LogP contribution in [0.2, 0.25) is 0 Å². The summed E-state index contributed by atoms with van der Waals surface area (Å²) in [5.41, 5.74) is 8.94. The van der Waals surface area contributed by atoms with E-state index in [1.807, 2.05) is 0 Å². The van der Waals surface area contributed by atoms with Crippen LogP contribution in [-0.4, -0.2) is 49.4 Å². The van der Waals surface area contributed by atoms with Gasteiger partial charge < -0.3 is 31.0 Å². The molecule has 0 aromatic rings. The summed E-state index contributed by atoms with van der Waals surface area (Å²) < 4.78 is 1.12. The van der Waals surface area contributed by atoms with Crippen LogP contribution in [0.3, 0.4) is 0 Å². The summed E-state index contributed by atoms with van der Waals surface area (Å²) in [6.07, 6.45) is 19.8. The topological polar surface area (TPSA) is 136 Å². The maximum absolute atomic E-state index is 8.44. The van der Waals surface area contributed by atoms with E-state index in [9.17, 15) is 0 Å². The largest absolute Gasteiger partial charge is 0.565 e. The summed E-state index contributed by atoms with van der Waals surface area (Å²) in [6, 6.07) is 0. The average molecular weight is 419 g/mol. The minimum Gasteiger partial charge on any atom is -0.565 e. The number of nitrogens with one attached hydrogen (secondary N) is 1.